The van der Waals surface area contributed by atoms with Crippen molar-refractivity contribution in [3.05, 3.63) is 57.6 Å². The molecular weight excluding hydrogens is 394 g/mol. The lowest BCUT2D eigenvalue weighted by Crippen LogP contribution is -2.25. The molecule has 1 aliphatic rings. The maximum Gasteiger partial charge on any atom is 0.175 e. The summed E-state index contributed by atoms with van der Waals surface area (Å²) < 4.78 is 18.2. The summed E-state index contributed by atoms with van der Waals surface area (Å²) in [5.41, 5.74) is 3.54. The van der Waals surface area contributed by atoms with Crippen molar-refractivity contribution < 1.29 is 14.2 Å². The highest BCUT2D eigenvalue weighted by atomic mass is 79.9. The van der Waals surface area contributed by atoms with Gasteiger partial charge in [0.1, 0.15) is 6.61 Å². The molecule has 1 aliphatic heterocycles. The molecule has 0 radical (unpaired) electrons. The van der Waals surface area contributed by atoms with Crippen LogP contribution < -0.4 is 14.8 Å². The van der Waals surface area contributed by atoms with Gasteiger partial charge in [-0.1, -0.05) is 24.3 Å². The molecule has 4 nitrogen and oxygen atoms in total. The first-order valence-electron chi connectivity index (χ1n) is 9.03. The predicted molar refractivity (Wildman–Crippen MR) is 107 cm³/mol. The second-order valence-electron chi connectivity index (χ2n) is 6.59. The Bertz CT molecular complexity index is 729. The Morgan fingerprint density at radius 2 is 2.12 bits per heavy atom. The van der Waals surface area contributed by atoms with Crippen molar-refractivity contribution in [1.29, 1.82) is 0 Å². The van der Waals surface area contributed by atoms with Crippen molar-refractivity contribution in [2.24, 2.45) is 0 Å². The molecule has 1 saturated heterocycles. The zero-order valence-electron chi connectivity index (χ0n) is 15.4. The summed E-state index contributed by atoms with van der Waals surface area (Å²) in [6, 6.07) is 12.3. The van der Waals surface area contributed by atoms with E-state index in [1.165, 1.54) is 17.5 Å². The van der Waals surface area contributed by atoms with Crippen LogP contribution in [0.5, 0.6) is 11.5 Å². The van der Waals surface area contributed by atoms with Crippen molar-refractivity contribution in [1.82, 2.24) is 5.32 Å². The summed E-state index contributed by atoms with van der Waals surface area (Å²) in [5, 5.41) is 3.46. The van der Waals surface area contributed by atoms with Crippen molar-refractivity contribution in [3.63, 3.8) is 0 Å². The molecule has 140 valence electrons. The first-order valence-corrected chi connectivity index (χ1v) is 9.82. The van der Waals surface area contributed by atoms with Gasteiger partial charge in [-0.15, -0.1) is 0 Å². The lowest BCUT2D eigenvalue weighted by atomic mass is 10.1. The number of aryl methyl sites for hydroxylation is 1. The summed E-state index contributed by atoms with van der Waals surface area (Å²) in [6.07, 6.45) is 2.65. The number of ether oxygens (including phenoxy) is 3. The smallest absolute Gasteiger partial charge is 0.175 e. The number of benzene rings is 2. The Balaban J connectivity index is 1.63. The molecule has 1 unspecified atom stereocenters. The zero-order chi connectivity index (χ0) is 18.4. The van der Waals surface area contributed by atoms with Crippen molar-refractivity contribution in [3.8, 4) is 11.5 Å². The van der Waals surface area contributed by atoms with Gasteiger partial charge < -0.3 is 19.5 Å². The standard InChI is InChI=1S/C21H26BrNO3/c1-15-6-3-4-7-17(15)14-26-21-19(22)10-16(11-20(21)24-2)12-23-13-18-8-5-9-25-18/h3-4,6-7,10-11,18,23H,5,8-9,12-14H2,1-2H3. The van der Waals surface area contributed by atoms with Gasteiger partial charge in [0.25, 0.3) is 0 Å². The third kappa shape index (κ3) is 5.00. The highest BCUT2D eigenvalue weighted by molar-refractivity contribution is 9.10. The molecule has 0 bridgehead atoms. The highest BCUT2D eigenvalue weighted by Gasteiger charge is 2.16. The lowest BCUT2D eigenvalue weighted by Gasteiger charge is -2.16. The molecule has 1 atom stereocenters. The second kappa shape index (κ2) is 9.40. The van der Waals surface area contributed by atoms with E-state index in [2.05, 4.69) is 46.4 Å². The molecule has 5 heteroatoms. The van der Waals surface area contributed by atoms with E-state index in [-0.39, 0.29) is 0 Å². The number of halogens is 1. The SMILES string of the molecule is COc1cc(CNCC2CCCO2)cc(Br)c1OCc1ccccc1C. The maximum atomic E-state index is 6.05. The van der Waals surface area contributed by atoms with Crippen LogP contribution in [-0.4, -0.2) is 26.4 Å². The fourth-order valence-electron chi connectivity index (χ4n) is 3.12. The Morgan fingerprint density at radius 3 is 2.85 bits per heavy atom. The van der Waals surface area contributed by atoms with Gasteiger partial charge in [0.15, 0.2) is 11.5 Å². The molecule has 0 amide bonds. The van der Waals surface area contributed by atoms with E-state index in [1.54, 1.807) is 7.11 Å². The summed E-state index contributed by atoms with van der Waals surface area (Å²) in [4.78, 5) is 0. The molecule has 2 aromatic carbocycles. The molecule has 0 aliphatic carbocycles. The third-order valence-electron chi connectivity index (χ3n) is 4.65. The minimum absolute atomic E-state index is 0.344. The highest BCUT2D eigenvalue weighted by Crippen LogP contribution is 2.37. The number of hydrogen-bond donors (Lipinski definition) is 1. The molecule has 0 spiro atoms. The topological polar surface area (TPSA) is 39.7 Å². The van der Waals surface area contributed by atoms with Crippen LogP contribution in [0.4, 0.5) is 0 Å². The average Bonchev–Trinajstić information content (AvgIpc) is 3.15. The number of methoxy groups -OCH3 is 1. The first-order chi connectivity index (χ1) is 12.7. The van der Waals surface area contributed by atoms with E-state index in [0.29, 0.717) is 12.7 Å². The minimum atomic E-state index is 0.344. The Hall–Kier alpha value is -1.56. The molecular formula is C21H26BrNO3. The minimum Gasteiger partial charge on any atom is -0.493 e. The Labute approximate surface area is 164 Å². The van der Waals surface area contributed by atoms with Crippen LogP contribution in [0.3, 0.4) is 0 Å². The van der Waals surface area contributed by atoms with Gasteiger partial charge in [-0.3, -0.25) is 0 Å². The number of nitrogens with one attached hydrogen (secondary N) is 1. The molecule has 0 aromatic heterocycles. The fraction of sp³-hybridized carbons (Fsp3) is 0.429. The van der Waals surface area contributed by atoms with Gasteiger partial charge in [-0.25, -0.2) is 0 Å². The van der Waals surface area contributed by atoms with Crippen LogP contribution >= 0.6 is 15.9 Å². The van der Waals surface area contributed by atoms with Gasteiger partial charge in [0, 0.05) is 19.7 Å². The van der Waals surface area contributed by atoms with Crippen LogP contribution in [0.15, 0.2) is 40.9 Å². The average molecular weight is 420 g/mol. The molecule has 1 N–H and O–H groups in total. The van der Waals surface area contributed by atoms with Crippen LogP contribution in [0.1, 0.15) is 29.5 Å². The lowest BCUT2D eigenvalue weighted by molar-refractivity contribution is 0.110. The monoisotopic (exact) mass is 419 g/mol. The van der Waals surface area contributed by atoms with Gasteiger partial charge in [-0.05, 0) is 64.5 Å². The van der Waals surface area contributed by atoms with E-state index in [1.807, 2.05) is 18.2 Å². The molecule has 1 heterocycles. The molecule has 2 aromatic rings. The van der Waals surface area contributed by atoms with E-state index in [0.717, 1.165) is 47.7 Å². The Morgan fingerprint density at radius 1 is 1.27 bits per heavy atom. The molecule has 0 saturated carbocycles. The summed E-state index contributed by atoms with van der Waals surface area (Å²) in [5.74, 6) is 1.47. The van der Waals surface area contributed by atoms with Crippen molar-refractivity contribution in [2.45, 2.75) is 39.0 Å². The largest absolute Gasteiger partial charge is 0.493 e. The zero-order valence-corrected chi connectivity index (χ0v) is 17.0. The van der Waals surface area contributed by atoms with Crippen molar-refractivity contribution >= 4 is 15.9 Å². The van der Waals surface area contributed by atoms with Gasteiger partial charge in [-0.2, -0.15) is 0 Å². The summed E-state index contributed by atoms with van der Waals surface area (Å²) in [7, 11) is 1.67. The molecule has 1 fully saturated rings. The van der Waals surface area contributed by atoms with Crippen LogP contribution in [0.2, 0.25) is 0 Å². The van der Waals surface area contributed by atoms with Gasteiger partial charge in [0.05, 0.1) is 17.7 Å². The molecule has 3 rings (SSSR count). The third-order valence-corrected chi connectivity index (χ3v) is 5.24. The van der Waals surface area contributed by atoms with Crippen LogP contribution in [0, 0.1) is 6.92 Å². The molecule has 26 heavy (non-hydrogen) atoms. The second-order valence-corrected chi connectivity index (χ2v) is 7.44. The quantitative estimate of drug-likeness (QED) is 0.677. The summed E-state index contributed by atoms with van der Waals surface area (Å²) >= 11 is 3.63. The maximum absolute atomic E-state index is 6.05. The predicted octanol–water partition coefficient (Wildman–Crippen LogP) is 4.61. The number of hydrogen-bond acceptors (Lipinski definition) is 4. The number of rotatable bonds is 8. The summed E-state index contributed by atoms with van der Waals surface area (Å²) in [6.45, 7) is 5.14. The van der Waals surface area contributed by atoms with Gasteiger partial charge >= 0.3 is 0 Å². The van der Waals surface area contributed by atoms with E-state index < -0.39 is 0 Å². The van der Waals surface area contributed by atoms with E-state index in [4.69, 9.17) is 14.2 Å². The van der Waals surface area contributed by atoms with Crippen LogP contribution in [0.25, 0.3) is 0 Å². The Kier molecular flexibility index (Phi) is 6.94. The fourth-order valence-corrected chi connectivity index (χ4v) is 3.72. The van der Waals surface area contributed by atoms with E-state index >= 15 is 0 Å². The van der Waals surface area contributed by atoms with Gasteiger partial charge in [0.2, 0.25) is 0 Å². The first kappa shape index (κ1) is 19.2. The normalized spacial score (nSPS) is 16.7. The van der Waals surface area contributed by atoms with E-state index in [9.17, 15) is 0 Å². The van der Waals surface area contributed by atoms with Crippen molar-refractivity contribution in [2.75, 3.05) is 20.3 Å². The van der Waals surface area contributed by atoms with Crippen LogP contribution in [-0.2, 0) is 17.9 Å².